The molecule has 2 atom stereocenters. The molecule has 4 heteroatoms. The Morgan fingerprint density at radius 2 is 2.08 bits per heavy atom. The lowest BCUT2D eigenvalue weighted by Crippen LogP contribution is -2.21. The lowest BCUT2D eigenvalue weighted by atomic mass is 10.1. The fourth-order valence-electron chi connectivity index (χ4n) is 1.81. The molecular formula is C8H17NO2S. The van der Waals surface area contributed by atoms with Crippen LogP contribution in [0.5, 0.6) is 0 Å². The number of hydrogen-bond acceptors (Lipinski definition) is 3. The van der Waals surface area contributed by atoms with Gasteiger partial charge in [0.25, 0.3) is 0 Å². The second kappa shape index (κ2) is 3.75. The van der Waals surface area contributed by atoms with Crippen LogP contribution in [-0.2, 0) is 9.84 Å². The topological polar surface area (TPSA) is 60.2 Å². The highest BCUT2D eigenvalue weighted by Gasteiger charge is 2.32. The van der Waals surface area contributed by atoms with E-state index in [-0.39, 0.29) is 11.0 Å². The minimum Gasteiger partial charge on any atom is -0.330 e. The molecule has 1 aliphatic rings. The van der Waals surface area contributed by atoms with Gasteiger partial charge in [-0.2, -0.15) is 0 Å². The molecular weight excluding hydrogens is 174 g/mol. The van der Waals surface area contributed by atoms with Gasteiger partial charge in [-0.05, 0) is 31.7 Å². The molecule has 1 rings (SSSR count). The SMILES string of the molecule is CCS(=O)(=O)C1CCC(CN)C1. The summed E-state index contributed by atoms with van der Waals surface area (Å²) in [7, 11) is -2.80. The molecule has 3 nitrogen and oxygen atoms in total. The summed E-state index contributed by atoms with van der Waals surface area (Å²) in [6.07, 6.45) is 2.59. The predicted molar refractivity (Wildman–Crippen MR) is 49.6 cm³/mol. The van der Waals surface area contributed by atoms with Gasteiger partial charge in [-0.15, -0.1) is 0 Å². The maximum Gasteiger partial charge on any atom is 0.152 e. The van der Waals surface area contributed by atoms with Crippen molar-refractivity contribution < 1.29 is 8.42 Å². The molecule has 0 saturated heterocycles. The average molecular weight is 191 g/mol. The third-order valence-electron chi connectivity index (χ3n) is 2.74. The number of sulfone groups is 1. The smallest absolute Gasteiger partial charge is 0.152 e. The first-order valence-electron chi connectivity index (χ1n) is 4.51. The Bertz CT molecular complexity index is 235. The Kier molecular flexibility index (Phi) is 3.12. The Morgan fingerprint density at radius 1 is 1.42 bits per heavy atom. The summed E-state index contributed by atoms with van der Waals surface area (Å²) in [6.45, 7) is 2.35. The molecule has 72 valence electrons. The van der Waals surface area contributed by atoms with Crippen LogP contribution in [0.25, 0.3) is 0 Å². The van der Waals surface area contributed by atoms with Gasteiger partial charge in [0.1, 0.15) is 0 Å². The molecule has 0 bridgehead atoms. The molecule has 0 amide bonds. The van der Waals surface area contributed by atoms with Crippen molar-refractivity contribution in [3.63, 3.8) is 0 Å². The van der Waals surface area contributed by atoms with Gasteiger partial charge in [0.05, 0.1) is 5.25 Å². The molecule has 0 spiro atoms. The molecule has 0 radical (unpaired) electrons. The standard InChI is InChI=1S/C8H17NO2S/c1-2-12(10,11)8-4-3-7(5-8)6-9/h7-8H,2-6,9H2,1H3. The first-order valence-corrected chi connectivity index (χ1v) is 6.23. The molecule has 2 N–H and O–H groups in total. The van der Waals surface area contributed by atoms with E-state index in [1.165, 1.54) is 0 Å². The zero-order chi connectivity index (χ0) is 9.19. The molecule has 1 saturated carbocycles. The van der Waals surface area contributed by atoms with Gasteiger partial charge in [-0.25, -0.2) is 8.42 Å². The minimum atomic E-state index is -2.80. The molecule has 2 unspecified atom stereocenters. The lowest BCUT2D eigenvalue weighted by Gasteiger charge is -2.09. The Balaban J connectivity index is 2.58. The quantitative estimate of drug-likeness (QED) is 0.708. The van der Waals surface area contributed by atoms with Crippen molar-refractivity contribution in [2.75, 3.05) is 12.3 Å². The molecule has 1 aliphatic carbocycles. The van der Waals surface area contributed by atoms with Crippen LogP contribution in [0, 0.1) is 5.92 Å². The van der Waals surface area contributed by atoms with Crippen LogP contribution < -0.4 is 5.73 Å². The fraction of sp³-hybridized carbons (Fsp3) is 1.00. The van der Waals surface area contributed by atoms with Crippen molar-refractivity contribution in [3.05, 3.63) is 0 Å². The van der Waals surface area contributed by atoms with E-state index in [0.29, 0.717) is 12.5 Å². The van der Waals surface area contributed by atoms with E-state index < -0.39 is 9.84 Å². The molecule has 12 heavy (non-hydrogen) atoms. The highest BCUT2D eigenvalue weighted by atomic mass is 32.2. The summed E-state index contributed by atoms with van der Waals surface area (Å²) in [4.78, 5) is 0. The lowest BCUT2D eigenvalue weighted by molar-refractivity contribution is 0.552. The summed E-state index contributed by atoms with van der Waals surface area (Å²) in [6, 6.07) is 0. The van der Waals surface area contributed by atoms with Crippen LogP contribution >= 0.6 is 0 Å². The summed E-state index contributed by atoms with van der Waals surface area (Å²) in [5.41, 5.74) is 5.49. The van der Waals surface area contributed by atoms with Gasteiger partial charge in [0.2, 0.25) is 0 Å². The fourth-order valence-corrected chi connectivity index (χ4v) is 3.34. The second-order valence-electron chi connectivity index (χ2n) is 3.49. The first-order chi connectivity index (χ1) is 5.60. The van der Waals surface area contributed by atoms with E-state index >= 15 is 0 Å². The van der Waals surface area contributed by atoms with E-state index in [1.807, 2.05) is 0 Å². The van der Waals surface area contributed by atoms with Gasteiger partial charge in [-0.3, -0.25) is 0 Å². The van der Waals surface area contributed by atoms with Gasteiger partial charge in [-0.1, -0.05) is 6.92 Å². The largest absolute Gasteiger partial charge is 0.330 e. The van der Waals surface area contributed by atoms with Crippen LogP contribution in [0.4, 0.5) is 0 Å². The molecule has 0 aromatic heterocycles. The molecule has 0 aromatic carbocycles. The van der Waals surface area contributed by atoms with E-state index in [9.17, 15) is 8.42 Å². The third-order valence-corrected chi connectivity index (χ3v) is 4.99. The second-order valence-corrected chi connectivity index (χ2v) is 6.06. The zero-order valence-electron chi connectivity index (χ0n) is 7.49. The van der Waals surface area contributed by atoms with E-state index in [4.69, 9.17) is 5.73 Å². The van der Waals surface area contributed by atoms with E-state index in [2.05, 4.69) is 0 Å². The van der Waals surface area contributed by atoms with Gasteiger partial charge >= 0.3 is 0 Å². The van der Waals surface area contributed by atoms with Gasteiger partial charge in [0.15, 0.2) is 9.84 Å². The maximum atomic E-state index is 11.4. The highest BCUT2D eigenvalue weighted by molar-refractivity contribution is 7.92. The van der Waals surface area contributed by atoms with E-state index in [0.717, 1.165) is 19.3 Å². The van der Waals surface area contributed by atoms with Gasteiger partial charge in [0, 0.05) is 5.75 Å². The summed E-state index contributed by atoms with van der Waals surface area (Å²) >= 11 is 0. The monoisotopic (exact) mass is 191 g/mol. The maximum absolute atomic E-state index is 11.4. The van der Waals surface area contributed by atoms with Crippen LogP contribution in [0.3, 0.4) is 0 Å². The number of hydrogen-bond donors (Lipinski definition) is 1. The highest BCUT2D eigenvalue weighted by Crippen LogP contribution is 2.29. The predicted octanol–water partition coefficient (Wildman–Crippen LogP) is 0.549. The molecule has 1 fully saturated rings. The Hall–Kier alpha value is -0.0900. The Morgan fingerprint density at radius 3 is 2.50 bits per heavy atom. The zero-order valence-corrected chi connectivity index (χ0v) is 8.31. The van der Waals surface area contributed by atoms with Crippen molar-refractivity contribution in [2.24, 2.45) is 11.7 Å². The third kappa shape index (κ3) is 1.98. The number of rotatable bonds is 3. The summed E-state index contributed by atoms with van der Waals surface area (Å²) in [5, 5.41) is -0.101. The summed E-state index contributed by atoms with van der Waals surface area (Å²) < 4.78 is 22.8. The van der Waals surface area contributed by atoms with Crippen molar-refractivity contribution in [1.29, 1.82) is 0 Å². The summed E-state index contributed by atoms with van der Waals surface area (Å²) in [5.74, 6) is 0.714. The van der Waals surface area contributed by atoms with Crippen LogP contribution in [-0.4, -0.2) is 26.0 Å². The van der Waals surface area contributed by atoms with Crippen molar-refractivity contribution >= 4 is 9.84 Å². The van der Waals surface area contributed by atoms with Gasteiger partial charge < -0.3 is 5.73 Å². The minimum absolute atomic E-state index is 0.101. The van der Waals surface area contributed by atoms with Crippen LogP contribution in [0.2, 0.25) is 0 Å². The van der Waals surface area contributed by atoms with Crippen molar-refractivity contribution in [2.45, 2.75) is 31.4 Å². The Labute approximate surface area is 74.3 Å². The molecule has 0 heterocycles. The molecule has 0 aromatic rings. The van der Waals surface area contributed by atoms with E-state index in [1.54, 1.807) is 6.92 Å². The van der Waals surface area contributed by atoms with Crippen LogP contribution in [0.1, 0.15) is 26.2 Å². The first kappa shape index (κ1) is 9.99. The van der Waals surface area contributed by atoms with Crippen LogP contribution in [0.15, 0.2) is 0 Å². The van der Waals surface area contributed by atoms with Crippen molar-refractivity contribution in [1.82, 2.24) is 0 Å². The number of nitrogens with two attached hydrogens (primary N) is 1. The normalized spacial score (nSPS) is 30.8. The average Bonchev–Trinajstić information content (AvgIpc) is 2.52. The van der Waals surface area contributed by atoms with Crippen molar-refractivity contribution in [3.8, 4) is 0 Å². The molecule has 0 aliphatic heterocycles.